The highest BCUT2D eigenvalue weighted by Crippen LogP contribution is 2.38. The molecule has 2 nitrogen and oxygen atoms in total. The molecule has 7 aromatic carbocycles. The molecule has 0 radical (unpaired) electrons. The summed E-state index contributed by atoms with van der Waals surface area (Å²) in [5, 5.41) is 6.23. The van der Waals surface area contributed by atoms with Gasteiger partial charge in [0.25, 0.3) is 0 Å². The Hall–Kier alpha value is -6.38. The molecule has 0 unspecified atom stereocenters. The van der Waals surface area contributed by atoms with Crippen molar-refractivity contribution in [1.29, 1.82) is 0 Å². The van der Waals surface area contributed by atoms with E-state index in [1.165, 1.54) is 82.3 Å². The van der Waals surface area contributed by atoms with Gasteiger partial charge in [-0.3, -0.25) is 0 Å². The third-order valence-corrected chi connectivity index (χ3v) is 10.0. The summed E-state index contributed by atoms with van der Waals surface area (Å²) in [6.07, 6.45) is 4.46. The maximum atomic E-state index is 2.42. The summed E-state index contributed by atoms with van der Waals surface area (Å²) in [6, 6.07) is 61.7. The molecule has 9 rings (SSSR count). The van der Waals surface area contributed by atoms with Gasteiger partial charge < -0.3 is 9.13 Å². The van der Waals surface area contributed by atoms with Gasteiger partial charge in [-0.1, -0.05) is 135 Å². The number of fused-ring (bicyclic) bond motifs is 4. The Morgan fingerprint density at radius 3 is 1.29 bits per heavy atom. The summed E-state index contributed by atoms with van der Waals surface area (Å²) in [5.74, 6) is 0. The fourth-order valence-corrected chi connectivity index (χ4v) is 7.70. The van der Waals surface area contributed by atoms with Crippen LogP contribution in [0.2, 0.25) is 0 Å². The minimum Gasteiger partial charge on any atom is -0.310 e. The predicted molar refractivity (Wildman–Crippen MR) is 225 cm³/mol. The van der Waals surface area contributed by atoms with Crippen molar-refractivity contribution in [3.8, 4) is 44.8 Å². The summed E-state index contributed by atoms with van der Waals surface area (Å²) in [4.78, 5) is 0. The number of rotatable bonds is 5. The molecular weight excluding hydrogens is 629 g/mol. The van der Waals surface area contributed by atoms with E-state index in [4.69, 9.17) is 0 Å². The van der Waals surface area contributed by atoms with Crippen LogP contribution in [-0.2, 0) is 0 Å². The van der Waals surface area contributed by atoms with Crippen LogP contribution in [0, 0.1) is 0 Å². The van der Waals surface area contributed by atoms with E-state index in [0.29, 0.717) is 0 Å². The van der Waals surface area contributed by atoms with Gasteiger partial charge in [0, 0.05) is 38.1 Å². The normalized spacial score (nSPS) is 12.1. The Balaban J connectivity index is 0.00000190. The second-order valence-corrected chi connectivity index (χ2v) is 12.9. The van der Waals surface area contributed by atoms with Crippen LogP contribution in [0.25, 0.3) is 89.6 Å². The molecule has 0 atom stereocenters. The number of hydrogen-bond acceptors (Lipinski definition) is 0. The van der Waals surface area contributed by atoms with Crippen molar-refractivity contribution in [2.75, 3.05) is 0 Å². The Morgan fingerprint density at radius 1 is 0.346 bits per heavy atom. The number of aromatic nitrogens is 2. The smallest absolute Gasteiger partial charge is 0.0541 e. The monoisotopic (exact) mass is 670 g/mol. The highest BCUT2D eigenvalue weighted by atomic mass is 15.0. The van der Waals surface area contributed by atoms with Gasteiger partial charge in [0.15, 0.2) is 0 Å². The van der Waals surface area contributed by atoms with Gasteiger partial charge >= 0.3 is 0 Å². The first kappa shape index (κ1) is 32.8. The lowest BCUT2D eigenvalue weighted by Gasteiger charge is -2.11. The van der Waals surface area contributed by atoms with Crippen LogP contribution in [0.5, 0.6) is 0 Å². The summed E-state index contributed by atoms with van der Waals surface area (Å²) in [5.41, 5.74) is 13.2. The molecule has 9 aromatic rings. The Kier molecular flexibility index (Phi) is 8.89. The molecule has 0 aliphatic heterocycles. The van der Waals surface area contributed by atoms with E-state index in [1.54, 1.807) is 0 Å². The van der Waals surface area contributed by atoms with E-state index in [0.717, 1.165) is 5.69 Å². The zero-order chi connectivity index (χ0) is 35.6. The standard InChI is InChI=1S/C48H36N2.C2H6/c1-3-41-42-31-37(24-27-46(42)49(45(41)4-2)39-20-12-7-13-21-39)38-25-28-48-44(32-38)43-30-36(34-17-10-6-11-18-34)23-26-47(43)50(48)40-22-14-19-35(29-40)33-15-8-5-9-16-33;1-2/h3-32H,1-2H3;1-2H3/b41-3-,45-4+;. The molecule has 0 saturated carbocycles. The van der Waals surface area contributed by atoms with E-state index in [2.05, 4.69) is 205 Å². The summed E-state index contributed by atoms with van der Waals surface area (Å²) in [6.45, 7) is 8.27. The maximum Gasteiger partial charge on any atom is 0.0541 e. The van der Waals surface area contributed by atoms with Crippen LogP contribution in [0.15, 0.2) is 170 Å². The molecule has 0 aliphatic carbocycles. The first-order valence-electron chi connectivity index (χ1n) is 18.3. The zero-order valence-electron chi connectivity index (χ0n) is 30.2. The Bertz CT molecular complexity index is 2800. The van der Waals surface area contributed by atoms with Gasteiger partial charge in [0.1, 0.15) is 0 Å². The first-order valence-corrected chi connectivity index (χ1v) is 18.3. The second kappa shape index (κ2) is 14.1. The number of benzene rings is 7. The van der Waals surface area contributed by atoms with Crippen molar-refractivity contribution in [3.63, 3.8) is 0 Å². The molecule has 0 saturated heterocycles. The minimum absolute atomic E-state index is 1.15. The molecule has 2 heteroatoms. The lowest BCUT2D eigenvalue weighted by atomic mass is 9.99. The maximum absolute atomic E-state index is 2.42. The van der Waals surface area contributed by atoms with Crippen LogP contribution < -0.4 is 10.6 Å². The molecule has 2 heterocycles. The second-order valence-electron chi connectivity index (χ2n) is 12.9. The van der Waals surface area contributed by atoms with E-state index < -0.39 is 0 Å². The van der Waals surface area contributed by atoms with Gasteiger partial charge in [-0.15, -0.1) is 0 Å². The number of nitrogens with zero attached hydrogens (tertiary/aromatic N) is 2. The lowest BCUT2D eigenvalue weighted by molar-refractivity contribution is 1.07. The van der Waals surface area contributed by atoms with Gasteiger partial charge in [-0.2, -0.15) is 0 Å². The zero-order valence-corrected chi connectivity index (χ0v) is 30.2. The molecule has 0 bridgehead atoms. The predicted octanol–water partition coefficient (Wildman–Crippen LogP) is 12.4. The van der Waals surface area contributed by atoms with Crippen molar-refractivity contribution < 1.29 is 0 Å². The fraction of sp³-hybridized carbons (Fsp3) is 0.0800. The lowest BCUT2D eigenvalue weighted by Crippen LogP contribution is -2.27. The average Bonchev–Trinajstić information content (AvgIpc) is 3.73. The van der Waals surface area contributed by atoms with E-state index >= 15 is 0 Å². The van der Waals surface area contributed by atoms with Crippen LogP contribution in [0.1, 0.15) is 27.7 Å². The van der Waals surface area contributed by atoms with Crippen molar-refractivity contribution in [1.82, 2.24) is 9.13 Å². The SMILES string of the molecule is C/C=c1\c(=C/C)n(-c2ccccc2)c2ccc(-c3ccc4c(c3)c3cc(-c5ccccc5)ccc3n4-c3cccc(-c4ccccc4)c3)cc12.CC. The van der Waals surface area contributed by atoms with E-state index in [1.807, 2.05) is 13.8 Å². The van der Waals surface area contributed by atoms with Crippen molar-refractivity contribution in [2.24, 2.45) is 0 Å². The molecule has 0 spiro atoms. The molecule has 252 valence electrons. The van der Waals surface area contributed by atoms with Crippen LogP contribution >= 0.6 is 0 Å². The summed E-state index contributed by atoms with van der Waals surface area (Å²) < 4.78 is 4.80. The summed E-state index contributed by atoms with van der Waals surface area (Å²) >= 11 is 0. The topological polar surface area (TPSA) is 9.86 Å². The van der Waals surface area contributed by atoms with E-state index in [-0.39, 0.29) is 0 Å². The summed E-state index contributed by atoms with van der Waals surface area (Å²) in [7, 11) is 0. The molecule has 52 heavy (non-hydrogen) atoms. The molecule has 0 aliphatic rings. The third kappa shape index (κ3) is 5.63. The molecular formula is C50H42N2. The largest absolute Gasteiger partial charge is 0.310 e. The van der Waals surface area contributed by atoms with Gasteiger partial charge in [0.05, 0.1) is 16.6 Å². The van der Waals surface area contributed by atoms with Crippen LogP contribution in [0.4, 0.5) is 0 Å². The highest BCUT2D eigenvalue weighted by Gasteiger charge is 2.16. The molecule has 0 N–H and O–H groups in total. The van der Waals surface area contributed by atoms with Crippen LogP contribution in [-0.4, -0.2) is 9.13 Å². The van der Waals surface area contributed by atoms with Gasteiger partial charge in [-0.05, 0) is 108 Å². The first-order chi connectivity index (χ1) is 25.7. The van der Waals surface area contributed by atoms with Crippen LogP contribution in [0.3, 0.4) is 0 Å². The van der Waals surface area contributed by atoms with Crippen molar-refractivity contribution in [3.05, 3.63) is 180 Å². The fourth-order valence-electron chi connectivity index (χ4n) is 7.70. The Morgan fingerprint density at radius 2 is 0.769 bits per heavy atom. The van der Waals surface area contributed by atoms with Crippen molar-refractivity contribution >= 4 is 44.9 Å². The molecule has 0 amide bonds. The number of para-hydroxylation sites is 1. The quantitative estimate of drug-likeness (QED) is 0.172. The average molecular weight is 671 g/mol. The van der Waals surface area contributed by atoms with Gasteiger partial charge in [0.2, 0.25) is 0 Å². The number of hydrogen-bond donors (Lipinski definition) is 0. The molecule has 0 fully saturated rings. The molecule has 2 aromatic heterocycles. The third-order valence-electron chi connectivity index (χ3n) is 10.0. The Labute approximate surface area is 305 Å². The van der Waals surface area contributed by atoms with Crippen molar-refractivity contribution in [2.45, 2.75) is 27.7 Å². The van der Waals surface area contributed by atoms with Gasteiger partial charge in [-0.25, -0.2) is 0 Å². The highest BCUT2D eigenvalue weighted by molar-refractivity contribution is 6.12. The minimum atomic E-state index is 1.15. The van der Waals surface area contributed by atoms with E-state index in [9.17, 15) is 0 Å².